The molecule has 1 aliphatic carbocycles. The summed E-state index contributed by atoms with van der Waals surface area (Å²) in [5, 5.41) is 0. The third kappa shape index (κ3) is 4.65. The number of likely N-dealkylation sites (tertiary alicyclic amines) is 1. The van der Waals surface area contributed by atoms with Crippen LogP contribution < -0.4 is 10.5 Å². The van der Waals surface area contributed by atoms with Crippen molar-refractivity contribution in [1.82, 2.24) is 14.8 Å². The molecule has 1 N–H and O–H groups in total. The third-order valence-corrected chi connectivity index (χ3v) is 7.51. The highest BCUT2D eigenvalue weighted by Gasteiger charge is 2.26. The van der Waals surface area contributed by atoms with Crippen LogP contribution in [0.25, 0.3) is 11.3 Å². The first-order valence-electron chi connectivity index (χ1n) is 12.4. The maximum Gasteiger partial charge on any atom is 0.258 e. The van der Waals surface area contributed by atoms with Crippen molar-refractivity contribution in [3.63, 3.8) is 0 Å². The van der Waals surface area contributed by atoms with E-state index in [1.165, 1.54) is 31.6 Å². The van der Waals surface area contributed by atoms with Gasteiger partial charge in [-0.3, -0.25) is 14.7 Å². The predicted octanol–water partition coefficient (Wildman–Crippen LogP) is 4.15. The Morgan fingerprint density at radius 1 is 0.971 bits per heavy atom. The summed E-state index contributed by atoms with van der Waals surface area (Å²) in [7, 11) is 2.23. The van der Waals surface area contributed by atoms with Crippen LogP contribution in [0.15, 0.2) is 58.3 Å². The van der Waals surface area contributed by atoms with Gasteiger partial charge in [0, 0.05) is 49.2 Å². The van der Waals surface area contributed by atoms with E-state index in [-0.39, 0.29) is 5.56 Å². The Hall–Kier alpha value is -2.96. The van der Waals surface area contributed by atoms with E-state index < -0.39 is 0 Å². The topological polar surface area (TPSA) is 54.9 Å². The van der Waals surface area contributed by atoms with Gasteiger partial charge in [0.25, 0.3) is 5.56 Å². The second kappa shape index (κ2) is 9.72. The van der Waals surface area contributed by atoms with E-state index in [4.69, 9.17) is 4.99 Å². The quantitative estimate of drug-likeness (QED) is 0.598. The number of aryl methyl sites for hydroxylation is 1. The van der Waals surface area contributed by atoms with Crippen LogP contribution in [0.1, 0.15) is 30.9 Å². The largest absolute Gasteiger partial charge is 0.369 e. The second-order valence-electron chi connectivity index (χ2n) is 9.79. The zero-order valence-electron chi connectivity index (χ0n) is 20.6. The van der Waals surface area contributed by atoms with Gasteiger partial charge < -0.3 is 14.8 Å². The number of nitrogens with one attached hydrogen (secondary N) is 1. The van der Waals surface area contributed by atoms with Crippen LogP contribution in [0.4, 0.5) is 11.4 Å². The molecule has 178 valence electrons. The number of H-pyrrole nitrogens is 1. The number of aliphatic imine (C=N–C) groups is 1. The molecule has 4 aliphatic rings. The van der Waals surface area contributed by atoms with E-state index in [0.717, 1.165) is 60.4 Å². The fourth-order valence-electron chi connectivity index (χ4n) is 5.40. The maximum absolute atomic E-state index is 12.7. The van der Waals surface area contributed by atoms with Gasteiger partial charge >= 0.3 is 0 Å². The van der Waals surface area contributed by atoms with Crippen LogP contribution in [-0.2, 0) is 0 Å². The van der Waals surface area contributed by atoms with Gasteiger partial charge in [0.05, 0.1) is 17.0 Å². The monoisotopic (exact) mass is 457 g/mol. The Labute approximate surface area is 202 Å². The van der Waals surface area contributed by atoms with Crippen LogP contribution in [0.3, 0.4) is 0 Å². The van der Waals surface area contributed by atoms with E-state index >= 15 is 0 Å². The average molecular weight is 458 g/mol. The molecule has 0 unspecified atom stereocenters. The van der Waals surface area contributed by atoms with Crippen molar-refractivity contribution in [1.29, 1.82) is 0 Å². The highest BCUT2D eigenvalue weighted by atomic mass is 16.1. The summed E-state index contributed by atoms with van der Waals surface area (Å²) < 4.78 is 0. The highest BCUT2D eigenvalue weighted by molar-refractivity contribution is 6.05. The van der Waals surface area contributed by atoms with Crippen LogP contribution in [0.5, 0.6) is 0 Å². The molecule has 0 amide bonds. The van der Waals surface area contributed by atoms with Gasteiger partial charge in [-0.05, 0) is 70.6 Å². The SMILES string of the molecule is C/C(=N\c1cc(N2CCN(C3CCN(C)CC3)CC2)ccc1C)c1c2cccccc-2[nH]c1=O. The molecule has 3 heterocycles. The number of piperidine rings is 1. The van der Waals surface area contributed by atoms with E-state index in [2.05, 4.69) is 51.9 Å². The van der Waals surface area contributed by atoms with Gasteiger partial charge in [0.1, 0.15) is 0 Å². The number of hydrogen-bond donors (Lipinski definition) is 1. The molecule has 6 heteroatoms. The first kappa shape index (κ1) is 22.8. The number of nitrogens with zero attached hydrogens (tertiary/aromatic N) is 4. The number of aromatic nitrogens is 1. The minimum Gasteiger partial charge on any atom is -0.369 e. The van der Waals surface area contributed by atoms with E-state index in [9.17, 15) is 4.79 Å². The van der Waals surface area contributed by atoms with Gasteiger partial charge in [0.15, 0.2) is 0 Å². The lowest BCUT2D eigenvalue weighted by Gasteiger charge is -2.43. The Morgan fingerprint density at radius 3 is 2.47 bits per heavy atom. The minimum absolute atomic E-state index is 0.0821. The molecule has 6 nitrogen and oxygen atoms in total. The molecule has 34 heavy (non-hydrogen) atoms. The molecule has 2 fully saturated rings. The van der Waals surface area contributed by atoms with Crippen molar-refractivity contribution in [2.75, 3.05) is 51.2 Å². The number of benzene rings is 1. The van der Waals surface area contributed by atoms with Crippen LogP contribution in [0.2, 0.25) is 0 Å². The summed E-state index contributed by atoms with van der Waals surface area (Å²) in [6.07, 6.45) is 2.57. The Bertz CT molecular complexity index is 1200. The van der Waals surface area contributed by atoms with Crippen LogP contribution >= 0.6 is 0 Å². The highest BCUT2D eigenvalue weighted by Crippen LogP contribution is 2.29. The summed E-state index contributed by atoms with van der Waals surface area (Å²) in [5.41, 5.74) is 6.34. The second-order valence-corrected chi connectivity index (χ2v) is 9.79. The molecule has 5 rings (SSSR count). The summed E-state index contributed by atoms with van der Waals surface area (Å²) in [4.78, 5) is 28.2. The van der Waals surface area contributed by atoms with Crippen molar-refractivity contribution < 1.29 is 0 Å². The first-order chi connectivity index (χ1) is 16.5. The third-order valence-electron chi connectivity index (χ3n) is 7.51. The number of hydrogen-bond acceptors (Lipinski definition) is 5. The van der Waals surface area contributed by atoms with Gasteiger partial charge in [-0.25, -0.2) is 0 Å². The average Bonchev–Trinajstić information content (AvgIpc) is 2.99. The number of anilines is 1. The molecule has 1 aromatic carbocycles. The molecule has 2 saturated heterocycles. The molecule has 1 aromatic rings. The van der Waals surface area contributed by atoms with Gasteiger partial charge in [-0.1, -0.05) is 30.3 Å². The fraction of sp³-hybridized carbons (Fsp3) is 0.429. The Balaban J connectivity index is 1.34. The lowest BCUT2D eigenvalue weighted by molar-refractivity contribution is 0.115. The summed E-state index contributed by atoms with van der Waals surface area (Å²) >= 11 is 0. The molecule has 0 aromatic heterocycles. The fourth-order valence-corrected chi connectivity index (χ4v) is 5.40. The predicted molar refractivity (Wildman–Crippen MR) is 141 cm³/mol. The van der Waals surface area contributed by atoms with Crippen molar-refractivity contribution >= 4 is 17.1 Å². The number of piperazine rings is 1. The van der Waals surface area contributed by atoms with Crippen LogP contribution in [0, 0.1) is 6.92 Å². The molecular weight excluding hydrogens is 422 g/mol. The van der Waals surface area contributed by atoms with E-state index in [1.54, 1.807) is 0 Å². The molecule has 0 atom stereocenters. The molecule has 0 spiro atoms. The van der Waals surface area contributed by atoms with Gasteiger partial charge in [0.2, 0.25) is 0 Å². The molecule has 0 radical (unpaired) electrons. The lowest BCUT2D eigenvalue weighted by atomic mass is 10.0. The number of fused-ring (bicyclic) bond motifs is 1. The molecule has 0 saturated carbocycles. The molecular formula is C28H35N5O. The van der Waals surface area contributed by atoms with E-state index in [0.29, 0.717) is 5.56 Å². The molecule has 3 aliphatic heterocycles. The van der Waals surface area contributed by atoms with Crippen LogP contribution in [-0.4, -0.2) is 72.9 Å². The number of aromatic amines is 1. The Kier molecular flexibility index (Phi) is 6.53. The minimum atomic E-state index is -0.0821. The van der Waals surface area contributed by atoms with Gasteiger partial charge in [-0.15, -0.1) is 0 Å². The zero-order chi connectivity index (χ0) is 23.7. The summed E-state index contributed by atoms with van der Waals surface area (Å²) in [6, 6.07) is 17.1. The summed E-state index contributed by atoms with van der Waals surface area (Å²) in [5.74, 6) is 0. The first-order valence-corrected chi connectivity index (χ1v) is 12.4. The maximum atomic E-state index is 12.7. The lowest BCUT2D eigenvalue weighted by Crippen LogP contribution is -2.53. The van der Waals surface area contributed by atoms with Crippen molar-refractivity contribution in [2.24, 2.45) is 4.99 Å². The normalized spacial score (nSPS) is 19.1. The number of rotatable bonds is 4. The van der Waals surface area contributed by atoms with Gasteiger partial charge in [-0.2, -0.15) is 0 Å². The van der Waals surface area contributed by atoms with Crippen molar-refractivity contribution in [3.8, 4) is 11.3 Å². The molecule has 0 bridgehead atoms. The van der Waals surface area contributed by atoms with E-state index in [1.807, 2.05) is 37.3 Å². The zero-order valence-corrected chi connectivity index (χ0v) is 20.6. The Morgan fingerprint density at radius 2 is 1.71 bits per heavy atom. The smallest absolute Gasteiger partial charge is 0.258 e. The van der Waals surface area contributed by atoms with Crippen molar-refractivity contribution in [3.05, 3.63) is 70.0 Å². The van der Waals surface area contributed by atoms with Crippen molar-refractivity contribution in [2.45, 2.75) is 32.7 Å². The standard InChI is InChI=1S/C28H35N5O/c1-20-9-10-23(33-17-15-32(16-18-33)22-11-13-31(3)14-12-22)19-26(20)29-21(2)27-24-7-5-4-6-8-25(24)30-28(27)34/h4-10,19,22H,11-18H2,1-3H3,(H,30,34)/b29-21+. The summed E-state index contributed by atoms with van der Waals surface area (Å²) in [6.45, 7) is 10.8.